The molecule has 98 valence electrons. The van der Waals surface area contributed by atoms with Gasteiger partial charge in [-0.2, -0.15) is 0 Å². The third kappa shape index (κ3) is 4.92. The van der Waals surface area contributed by atoms with Crippen molar-refractivity contribution in [2.24, 2.45) is 0 Å². The summed E-state index contributed by atoms with van der Waals surface area (Å²) >= 11 is 0. The molecule has 0 aromatic heterocycles. The van der Waals surface area contributed by atoms with Crippen molar-refractivity contribution in [2.75, 3.05) is 6.54 Å². The molecule has 0 aliphatic rings. The Morgan fingerprint density at radius 1 is 1.33 bits per heavy atom. The van der Waals surface area contributed by atoms with Gasteiger partial charge in [-0.3, -0.25) is 14.9 Å². The van der Waals surface area contributed by atoms with E-state index in [1.807, 2.05) is 13.8 Å². The first kappa shape index (κ1) is 14.1. The standard InChI is InChI=1S/C12H17N3O3/c1-9(2)14-12(16)8-13-7-10-3-5-11(6-4-10)15(17)18/h3-6,9,13H,7-8H2,1-2H3,(H,14,16). The normalized spacial score (nSPS) is 10.4. The number of carbonyl (C=O) groups is 1. The molecule has 1 rings (SSSR count). The molecule has 0 radical (unpaired) electrons. The van der Waals surface area contributed by atoms with Crippen LogP contribution in [0.1, 0.15) is 19.4 Å². The third-order valence-corrected chi connectivity index (χ3v) is 2.21. The quantitative estimate of drug-likeness (QED) is 0.588. The van der Waals surface area contributed by atoms with Gasteiger partial charge in [-0.05, 0) is 19.4 Å². The minimum absolute atomic E-state index is 0.0630. The monoisotopic (exact) mass is 251 g/mol. The molecule has 0 unspecified atom stereocenters. The number of carbonyl (C=O) groups excluding carboxylic acids is 1. The lowest BCUT2D eigenvalue weighted by Gasteiger charge is -2.09. The molecule has 0 atom stereocenters. The Morgan fingerprint density at radius 3 is 2.44 bits per heavy atom. The van der Waals surface area contributed by atoms with Gasteiger partial charge in [-0.15, -0.1) is 0 Å². The molecular formula is C12H17N3O3. The second-order valence-electron chi connectivity index (χ2n) is 4.25. The molecule has 0 fully saturated rings. The summed E-state index contributed by atoms with van der Waals surface area (Å²) in [5.74, 6) is -0.0630. The van der Waals surface area contributed by atoms with Crippen LogP contribution in [0.15, 0.2) is 24.3 Å². The number of non-ortho nitro benzene ring substituents is 1. The van der Waals surface area contributed by atoms with Crippen LogP contribution >= 0.6 is 0 Å². The Morgan fingerprint density at radius 2 is 1.94 bits per heavy atom. The summed E-state index contributed by atoms with van der Waals surface area (Å²) in [4.78, 5) is 21.3. The first-order valence-corrected chi connectivity index (χ1v) is 5.72. The Labute approximate surface area is 106 Å². The van der Waals surface area contributed by atoms with E-state index in [1.165, 1.54) is 12.1 Å². The maximum Gasteiger partial charge on any atom is 0.269 e. The van der Waals surface area contributed by atoms with E-state index in [0.717, 1.165) is 5.56 Å². The van der Waals surface area contributed by atoms with Gasteiger partial charge in [0, 0.05) is 24.7 Å². The van der Waals surface area contributed by atoms with E-state index in [2.05, 4.69) is 10.6 Å². The Balaban J connectivity index is 2.35. The van der Waals surface area contributed by atoms with Crippen molar-refractivity contribution >= 4 is 11.6 Å². The highest BCUT2D eigenvalue weighted by Gasteiger charge is 2.05. The van der Waals surface area contributed by atoms with Crippen molar-refractivity contribution in [1.82, 2.24) is 10.6 Å². The van der Waals surface area contributed by atoms with Crippen LogP contribution in [0.2, 0.25) is 0 Å². The summed E-state index contributed by atoms with van der Waals surface area (Å²) in [6.07, 6.45) is 0. The fourth-order valence-electron chi connectivity index (χ4n) is 1.43. The third-order valence-electron chi connectivity index (χ3n) is 2.21. The average Bonchev–Trinajstić information content (AvgIpc) is 2.28. The number of rotatable bonds is 6. The number of hydrogen-bond donors (Lipinski definition) is 2. The largest absolute Gasteiger partial charge is 0.353 e. The van der Waals surface area contributed by atoms with Gasteiger partial charge in [0.2, 0.25) is 5.91 Å². The first-order chi connectivity index (χ1) is 8.49. The zero-order valence-electron chi connectivity index (χ0n) is 10.5. The van der Waals surface area contributed by atoms with Gasteiger partial charge in [0.15, 0.2) is 0 Å². The van der Waals surface area contributed by atoms with E-state index < -0.39 is 4.92 Å². The van der Waals surface area contributed by atoms with Crippen LogP contribution in [0.5, 0.6) is 0 Å². The molecule has 1 amide bonds. The Bertz CT molecular complexity index is 415. The molecule has 6 heteroatoms. The number of nitro groups is 1. The Hall–Kier alpha value is -1.95. The van der Waals surface area contributed by atoms with Crippen molar-refractivity contribution < 1.29 is 9.72 Å². The molecule has 0 saturated carbocycles. The van der Waals surface area contributed by atoms with E-state index >= 15 is 0 Å². The predicted molar refractivity (Wildman–Crippen MR) is 68.1 cm³/mol. The highest BCUT2D eigenvalue weighted by atomic mass is 16.6. The van der Waals surface area contributed by atoms with Gasteiger partial charge in [-0.1, -0.05) is 12.1 Å². The number of amides is 1. The average molecular weight is 251 g/mol. The smallest absolute Gasteiger partial charge is 0.269 e. The maximum atomic E-state index is 11.3. The van der Waals surface area contributed by atoms with E-state index in [9.17, 15) is 14.9 Å². The fraction of sp³-hybridized carbons (Fsp3) is 0.417. The minimum atomic E-state index is -0.437. The van der Waals surface area contributed by atoms with Crippen molar-refractivity contribution in [1.29, 1.82) is 0 Å². The topological polar surface area (TPSA) is 84.3 Å². The molecule has 6 nitrogen and oxygen atoms in total. The number of nitrogens with one attached hydrogen (secondary N) is 2. The number of nitrogens with zero attached hydrogens (tertiary/aromatic N) is 1. The molecule has 0 saturated heterocycles. The molecule has 1 aromatic rings. The minimum Gasteiger partial charge on any atom is -0.353 e. The molecular weight excluding hydrogens is 234 g/mol. The van der Waals surface area contributed by atoms with Crippen molar-refractivity contribution in [3.8, 4) is 0 Å². The molecule has 1 aromatic carbocycles. The van der Waals surface area contributed by atoms with Gasteiger partial charge in [0.1, 0.15) is 0 Å². The summed E-state index contributed by atoms with van der Waals surface area (Å²) < 4.78 is 0. The maximum absolute atomic E-state index is 11.3. The lowest BCUT2D eigenvalue weighted by Crippen LogP contribution is -2.37. The second-order valence-corrected chi connectivity index (χ2v) is 4.25. The zero-order valence-corrected chi connectivity index (χ0v) is 10.5. The van der Waals surface area contributed by atoms with Gasteiger partial charge < -0.3 is 10.6 Å². The predicted octanol–water partition coefficient (Wildman–Crippen LogP) is 1.21. The lowest BCUT2D eigenvalue weighted by molar-refractivity contribution is -0.384. The van der Waals surface area contributed by atoms with Crippen LogP contribution in [0.25, 0.3) is 0 Å². The van der Waals surface area contributed by atoms with E-state index in [4.69, 9.17) is 0 Å². The van der Waals surface area contributed by atoms with Crippen molar-refractivity contribution in [3.63, 3.8) is 0 Å². The summed E-state index contributed by atoms with van der Waals surface area (Å²) in [6, 6.07) is 6.37. The lowest BCUT2D eigenvalue weighted by atomic mass is 10.2. The van der Waals surface area contributed by atoms with Gasteiger partial charge in [-0.25, -0.2) is 0 Å². The first-order valence-electron chi connectivity index (χ1n) is 5.72. The molecule has 0 aliphatic heterocycles. The summed E-state index contributed by atoms with van der Waals surface area (Å²) in [5, 5.41) is 16.2. The van der Waals surface area contributed by atoms with E-state index in [0.29, 0.717) is 6.54 Å². The van der Waals surface area contributed by atoms with Crippen LogP contribution in [0.3, 0.4) is 0 Å². The highest BCUT2D eigenvalue weighted by molar-refractivity contribution is 5.78. The zero-order chi connectivity index (χ0) is 13.5. The van der Waals surface area contributed by atoms with Gasteiger partial charge >= 0.3 is 0 Å². The Kier molecular flexibility index (Phi) is 5.26. The van der Waals surface area contributed by atoms with E-state index in [1.54, 1.807) is 12.1 Å². The van der Waals surface area contributed by atoms with Crippen LogP contribution in [0, 0.1) is 10.1 Å². The molecule has 0 heterocycles. The van der Waals surface area contributed by atoms with Crippen LogP contribution in [-0.2, 0) is 11.3 Å². The SMILES string of the molecule is CC(C)NC(=O)CNCc1ccc([N+](=O)[O-])cc1. The van der Waals surface area contributed by atoms with Gasteiger partial charge in [0.25, 0.3) is 5.69 Å². The molecule has 0 aliphatic carbocycles. The number of benzene rings is 1. The summed E-state index contributed by atoms with van der Waals surface area (Å²) in [6.45, 7) is 4.53. The number of nitro benzene ring substituents is 1. The fourth-order valence-corrected chi connectivity index (χ4v) is 1.43. The van der Waals surface area contributed by atoms with E-state index in [-0.39, 0.29) is 24.2 Å². The summed E-state index contributed by atoms with van der Waals surface area (Å²) in [7, 11) is 0. The molecule has 18 heavy (non-hydrogen) atoms. The van der Waals surface area contributed by atoms with Crippen LogP contribution in [-0.4, -0.2) is 23.4 Å². The van der Waals surface area contributed by atoms with Crippen molar-refractivity contribution in [3.05, 3.63) is 39.9 Å². The van der Waals surface area contributed by atoms with Gasteiger partial charge in [0.05, 0.1) is 11.5 Å². The number of hydrogen-bond acceptors (Lipinski definition) is 4. The molecule has 0 bridgehead atoms. The highest BCUT2D eigenvalue weighted by Crippen LogP contribution is 2.11. The molecule has 2 N–H and O–H groups in total. The molecule has 0 spiro atoms. The summed E-state index contributed by atoms with van der Waals surface area (Å²) in [5.41, 5.74) is 0.967. The second kappa shape index (κ2) is 6.70. The van der Waals surface area contributed by atoms with Crippen LogP contribution in [0.4, 0.5) is 5.69 Å². The van der Waals surface area contributed by atoms with Crippen LogP contribution < -0.4 is 10.6 Å². The van der Waals surface area contributed by atoms with Crippen molar-refractivity contribution in [2.45, 2.75) is 26.4 Å².